The minimum atomic E-state index is -3.71. The van der Waals surface area contributed by atoms with Crippen molar-refractivity contribution in [3.63, 3.8) is 0 Å². The van der Waals surface area contributed by atoms with Gasteiger partial charge >= 0.3 is 0 Å². The van der Waals surface area contributed by atoms with E-state index in [-0.39, 0.29) is 23.9 Å². The molecule has 6 nitrogen and oxygen atoms in total. The van der Waals surface area contributed by atoms with Gasteiger partial charge in [-0.1, -0.05) is 53.6 Å². The highest BCUT2D eigenvalue weighted by atomic mass is 35.5. The van der Waals surface area contributed by atoms with Gasteiger partial charge in [0, 0.05) is 6.54 Å². The van der Waals surface area contributed by atoms with Crippen molar-refractivity contribution in [2.75, 3.05) is 5.75 Å². The van der Waals surface area contributed by atoms with Gasteiger partial charge in [-0.3, -0.25) is 4.79 Å². The highest BCUT2D eigenvalue weighted by Crippen LogP contribution is 2.28. The summed E-state index contributed by atoms with van der Waals surface area (Å²) in [6.45, 7) is 3.88. The van der Waals surface area contributed by atoms with Crippen LogP contribution in [0, 0.1) is 13.8 Å². The van der Waals surface area contributed by atoms with Crippen LogP contribution in [0.5, 0.6) is 0 Å². The number of carbonyl (C=O) groups is 1. The van der Waals surface area contributed by atoms with Gasteiger partial charge in [0.25, 0.3) is 0 Å². The molecule has 29 heavy (non-hydrogen) atoms. The maximum Gasteiger partial charge on any atom is 0.235 e. The second-order valence-corrected chi connectivity index (χ2v) is 9.27. The fraction of sp³-hybridized carbons (Fsp3) is 0.238. The predicted molar refractivity (Wildman–Crippen MR) is 112 cm³/mol. The number of amides is 1. The second kappa shape index (κ2) is 8.80. The van der Waals surface area contributed by atoms with E-state index in [2.05, 4.69) is 10.3 Å². The molecule has 1 heterocycles. The molecule has 152 valence electrons. The normalized spacial score (nSPS) is 11.4. The Morgan fingerprint density at radius 1 is 1.10 bits per heavy atom. The summed E-state index contributed by atoms with van der Waals surface area (Å²) in [5.41, 5.74) is 2.86. The van der Waals surface area contributed by atoms with E-state index in [1.807, 2.05) is 31.2 Å². The first kappa shape index (κ1) is 21.1. The summed E-state index contributed by atoms with van der Waals surface area (Å²) < 4.78 is 30.5. The van der Waals surface area contributed by atoms with Crippen LogP contribution in [0.4, 0.5) is 0 Å². The number of benzene rings is 2. The number of nitrogens with zero attached hydrogens (tertiary/aromatic N) is 1. The number of rotatable bonds is 7. The largest absolute Gasteiger partial charge is 0.441 e. The van der Waals surface area contributed by atoms with Gasteiger partial charge in [-0.25, -0.2) is 13.4 Å². The highest BCUT2D eigenvalue weighted by Gasteiger charge is 2.22. The third-order valence-electron chi connectivity index (χ3n) is 4.31. The molecule has 1 N–H and O–H groups in total. The van der Waals surface area contributed by atoms with Gasteiger partial charge in [-0.15, -0.1) is 0 Å². The van der Waals surface area contributed by atoms with Gasteiger partial charge in [-0.05, 0) is 31.5 Å². The van der Waals surface area contributed by atoms with Crippen LogP contribution in [0.25, 0.3) is 11.5 Å². The minimum absolute atomic E-state index is 0.252. The molecular weight excluding hydrogens is 412 g/mol. The highest BCUT2D eigenvalue weighted by molar-refractivity contribution is 7.91. The van der Waals surface area contributed by atoms with Crippen LogP contribution >= 0.6 is 11.6 Å². The minimum Gasteiger partial charge on any atom is -0.441 e. The molecule has 1 aromatic heterocycles. The predicted octanol–water partition coefficient (Wildman–Crippen LogP) is 3.84. The number of hydrogen-bond acceptors (Lipinski definition) is 5. The number of sulfone groups is 1. The van der Waals surface area contributed by atoms with Crippen molar-refractivity contribution in [3.8, 4) is 11.5 Å². The van der Waals surface area contributed by atoms with E-state index >= 15 is 0 Å². The van der Waals surface area contributed by atoms with Crippen molar-refractivity contribution in [2.24, 2.45) is 0 Å². The number of halogens is 1. The van der Waals surface area contributed by atoms with Crippen molar-refractivity contribution in [1.82, 2.24) is 10.3 Å². The van der Waals surface area contributed by atoms with E-state index in [1.54, 1.807) is 31.2 Å². The summed E-state index contributed by atoms with van der Waals surface area (Å²) in [7, 11) is -3.71. The van der Waals surface area contributed by atoms with Crippen LogP contribution in [0.1, 0.15) is 22.6 Å². The average Bonchev–Trinajstić information content (AvgIpc) is 3.00. The Bertz CT molecular complexity index is 1120. The third-order valence-corrected chi connectivity index (χ3v) is 6.06. The first-order valence-corrected chi connectivity index (χ1v) is 11.2. The van der Waals surface area contributed by atoms with Gasteiger partial charge < -0.3 is 9.73 Å². The number of aryl methyl sites for hydroxylation is 2. The lowest BCUT2D eigenvalue weighted by Gasteiger charge is -2.06. The summed E-state index contributed by atoms with van der Waals surface area (Å²) in [6, 6.07) is 14.6. The Labute approximate surface area is 174 Å². The molecular formula is C21H21ClN2O4S. The standard InChI is InChI=1S/C21H21ClN2O4S/c1-14-7-9-16(10-8-14)11-23-20(25)13-29(26,27)12-19-15(2)28-21(24-19)17-5-3-4-6-18(17)22/h3-10H,11-13H2,1-2H3,(H,23,25). The van der Waals surface area contributed by atoms with Crippen LogP contribution in [0.15, 0.2) is 52.9 Å². The van der Waals surface area contributed by atoms with Crippen molar-refractivity contribution < 1.29 is 17.6 Å². The summed E-state index contributed by atoms with van der Waals surface area (Å²) in [5, 5.41) is 3.09. The molecule has 0 atom stereocenters. The smallest absolute Gasteiger partial charge is 0.235 e. The van der Waals surface area contributed by atoms with E-state index in [9.17, 15) is 13.2 Å². The SMILES string of the molecule is Cc1ccc(CNC(=O)CS(=O)(=O)Cc2nc(-c3ccccc3Cl)oc2C)cc1. The molecule has 3 rings (SSSR count). The van der Waals surface area contributed by atoms with E-state index in [1.165, 1.54) is 0 Å². The first-order valence-electron chi connectivity index (χ1n) is 8.97. The van der Waals surface area contributed by atoms with E-state index < -0.39 is 21.5 Å². The lowest BCUT2D eigenvalue weighted by Crippen LogP contribution is -2.30. The number of nitrogens with one attached hydrogen (secondary N) is 1. The van der Waals surface area contributed by atoms with Crippen LogP contribution in [0.2, 0.25) is 5.02 Å². The fourth-order valence-corrected chi connectivity index (χ4v) is 4.23. The van der Waals surface area contributed by atoms with Crippen LogP contribution in [-0.4, -0.2) is 25.1 Å². The van der Waals surface area contributed by atoms with E-state index in [0.29, 0.717) is 16.3 Å². The molecule has 0 unspecified atom stereocenters. The molecule has 0 saturated carbocycles. The summed E-state index contributed by atoms with van der Waals surface area (Å²) in [5.74, 6) is -0.930. The van der Waals surface area contributed by atoms with Gasteiger partial charge in [0.15, 0.2) is 9.84 Å². The lowest BCUT2D eigenvalue weighted by molar-refractivity contribution is -0.118. The maximum atomic E-state index is 12.5. The second-order valence-electron chi connectivity index (χ2n) is 6.80. The quantitative estimate of drug-likeness (QED) is 0.612. The van der Waals surface area contributed by atoms with Crippen molar-refractivity contribution >= 4 is 27.3 Å². The van der Waals surface area contributed by atoms with E-state index in [4.69, 9.17) is 16.0 Å². The van der Waals surface area contributed by atoms with Crippen LogP contribution in [0.3, 0.4) is 0 Å². The zero-order chi connectivity index (χ0) is 21.0. The molecule has 1 amide bonds. The molecule has 0 aliphatic carbocycles. The molecule has 0 radical (unpaired) electrons. The fourth-order valence-electron chi connectivity index (χ4n) is 2.73. The number of oxazole rings is 1. The first-order chi connectivity index (χ1) is 13.7. The van der Waals surface area contributed by atoms with Gasteiger partial charge in [-0.2, -0.15) is 0 Å². The molecule has 0 fully saturated rings. The molecule has 2 aromatic carbocycles. The molecule has 3 aromatic rings. The molecule has 0 bridgehead atoms. The monoisotopic (exact) mass is 432 g/mol. The Balaban J connectivity index is 1.64. The summed E-state index contributed by atoms with van der Waals surface area (Å²) in [6.07, 6.45) is 0. The molecule has 8 heteroatoms. The number of aromatic nitrogens is 1. The van der Waals surface area contributed by atoms with Crippen LogP contribution in [-0.2, 0) is 26.9 Å². The zero-order valence-electron chi connectivity index (χ0n) is 16.1. The third kappa shape index (κ3) is 5.68. The molecule has 0 saturated heterocycles. The molecule has 0 spiro atoms. The molecule has 0 aliphatic rings. The van der Waals surface area contributed by atoms with Crippen LogP contribution < -0.4 is 5.32 Å². The van der Waals surface area contributed by atoms with Crippen molar-refractivity contribution in [2.45, 2.75) is 26.1 Å². The summed E-state index contributed by atoms with van der Waals surface area (Å²) >= 11 is 6.15. The Morgan fingerprint density at radius 2 is 1.79 bits per heavy atom. The Morgan fingerprint density at radius 3 is 2.48 bits per heavy atom. The Kier molecular flexibility index (Phi) is 6.39. The van der Waals surface area contributed by atoms with Gasteiger partial charge in [0.1, 0.15) is 11.5 Å². The zero-order valence-corrected chi connectivity index (χ0v) is 17.7. The lowest BCUT2D eigenvalue weighted by atomic mass is 10.1. The summed E-state index contributed by atoms with van der Waals surface area (Å²) in [4.78, 5) is 16.4. The maximum absolute atomic E-state index is 12.5. The number of hydrogen-bond donors (Lipinski definition) is 1. The number of carbonyl (C=O) groups excluding carboxylic acids is 1. The topological polar surface area (TPSA) is 89.3 Å². The van der Waals surface area contributed by atoms with Gasteiger partial charge in [0.2, 0.25) is 11.8 Å². The average molecular weight is 433 g/mol. The van der Waals surface area contributed by atoms with E-state index in [0.717, 1.165) is 11.1 Å². The van der Waals surface area contributed by atoms with Gasteiger partial charge in [0.05, 0.1) is 22.0 Å². The molecule has 0 aliphatic heterocycles. The Hall–Kier alpha value is -2.64. The van der Waals surface area contributed by atoms with Crippen molar-refractivity contribution in [3.05, 3.63) is 76.1 Å². The van der Waals surface area contributed by atoms with Crippen molar-refractivity contribution in [1.29, 1.82) is 0 Å².